The highest BCUT2D eigenvalue weighted by atomic mass is 15.0. The standard InChI is InChI=1S/C5H7N3/c1-8-4-7-3-2-5(8)6/h2-4,6H,1H3/p+1. The predicted molar refractivity (Wildman–Crippen MR) is 29.8 cm³/mol. The summed E-state index contributed by atoms with van der Waals surface area (Å²) < 4.78 is 1.75. The first-order valence-corrected chi connectivity index (χ1v) is 2.36. The minimum atomic E-state index is 0.722. The molecule has 0 atom stereocenters. The van der Waals surface area contributed by atoms with Crippen LogP contribution < -0.4 is 10.3 Å². The maximum absolute atomic E-state index is 5.44. The molecule has 42 valence electrons. The highest BCUT2D eigenvalue weighted by molar-refractivity contribution is 5.15. The Labute approximate surface area is 47.8 Å². The maximum Gasteiger partial charge on any atom is 0.225 e. The van der Waals surface area contributed by atoms with Crippen LogP contribution in [0, 0.1) is 0 Å². The van der Waals surface area contributed by atoms with E-state index in [-0.39, 0.29) is 0 Å². The number of aryl methyl sites for hydroxylation is 1. The van der Waals surface area contributed by atoms with E-state index in [2.05, 4.69) is 4.98 Å². The van der Waals surface area contributed by atoms with E-state index < -0.39 is 0 Å². The highest BCUT2D eigenvalue weighted by Gasteiger charge is 1.90. The molecule has 3 nitrogen and oxygen atoms in total. The van der Waals surface area contributed by atoms with Crippen molar-refractivity contribution in [2.75, 3.05) is 5.73 Å². The van der Waals surface area contributed by atoms with Gasteiger partial charge in [0.25, 0.3) is 0 Å². The molecule has 0 aromatic carbocycles. The third-order valence-electron chi connectivity index (χ3n) is 0.979. The summed E-state index contributed by atoms with van der Waals surface area (Å²) in [6.07, 6.45) is 3.32. The molecule has 0 aliphatic carbocycles. The number of nitrogen functional groups attached to an aromatic ring is 1. The van der Waals surface area contributed by atoms with Crippen molar-refractivity contribution in [3.63, 3.8) is 0 Å². The third-order valence-corrected chi connectivity index (χ3v) is 0.979. The smallest absolute Gasteiger partial charge is 0.225 e. The molecule has 0 aliphatic heterocycles. The van der Waals surface area contributed by atoms with Gasteiger partial charge in [0.05, 0.1) is 7.05 Å². The Hall–Kier alpha value is -1.12. The maximum atomic E-state index is 5.44. The van der Waals surface area contributed by atoms with Crippen LogP contribution in [0.15, 0.2) is 18.6 Å². The summed E-state index contributed by atoms with van der Waals surface area (Å²) in [4.78, 5) is 3.83. The monoisotopic (exact) mass is 110 g/mol. The first-order valence-electron chi connectivity index (χ1n) is 2.36. The zero-order chi connectivity index (χ0) is 5.98. The van der Waals surface area contributed by atoms with Crippen LogP contribution in [0.2, 0.25) is 0 Å². The van der Waals surface area contributed by atoms with Crippen molar-refractivity contribution >= 4 is 5.82 Å². The van der Waals surface area contributed by atoms with E-state index in [0.717, 1.165) is 5.82 Å². The number of rotatable bonds is 0. The van der Waals surface area contributed by atoms with E-state index in [0.29, 0.717) is 0 Å². The zero-order valence-electron chi connectivity index (χ0n) is 4.70. The summed E-state index contributed by atoms with van der Waals surface area (Å²) in [6, 6.07) is 1.75. The van der Waals surface area contributed by atoms with Crippen LogP contribution in [0.5, 0.6) is 0 Å². The van der Waals surface area contributed by atoms with E-state index in [9.17, 15) is 0 Å². The van der Waals surface area contributed by atoms with Gasteiger partial charge in [-0.3, -0.25) is 0 Å². The lowest BCUT2D eigenvalue weighted by atomic mass is 10.6. The molecule has 1 aromatic heterocycles. The molecule has 0 fully saturated rings. The molecule has 0 bridgehead atoms. The largest absolute Gasteiger partial charge is 0.319 e. The Morgan fingerprint density at radius 1 is 1.75 bits per heavy atom. The van der Waals surface area contributed by atoms with Gasteiger partial charge in [0.15, 0.2) is 0 Å². The summed E-state index contributed by atoms with van der Waals surface area (Å²) in [5.74, 6) is 0.722. The molecule has 0 spiro atoms. The average molecular weight is 110 g/mol. The molecule has 1 aromatic rings. The molecular formula is C5H8N3+. The van der Waals surface area contributed by atoms with Crippen molar-refractivity contribution in [1.82, 2.24) is 4.98 Å². The number of nitrogens with zero attached hydrogens (tertiary/aromatic N) is 2. The van der Waals surface area contributed by atoms with Gasteiger partial charge in [-0.25, -0.2) is 4.57 Å². The molecule has 8 heavy (non-hydrogen) atoms. The zero-order valence-corrected chi connectivity index (χ0v) is 4.70. The lowest BCUT2D eigenvalue weighted by Crippen LogP contribution is -2.31. The fourth-order valence-corrected chi connectivity index (χ4v) is 0.442. The summed E-state index contributed by atoms with van der Waals surface area (Å²) >= 11 is 0. The number of anilines is 1. The second-order valence-electron chi connectivity index (χ2n) is 1.62. The van der Waals surface area contributed by atoms with Crippen molar-refractivity contribution in [2.45, 2.75) is 0 Å². The minimum Gasteiger partial charge on any atom is -0.319 e. The van der Waals surface area contributed by atoms with Crippen molar-refractivity contribution < 1.29 is 4.57 Å². The average Bonchev–Trinajstić information content (AvgIpc) is 1.77. The van der Waals surface area contributed by atoms with Gasteiger partial charge in [-0.1, -0.05) is 0 Å². The van der Waals surface area contributed by atoms with Gasteiger partial charge < -0.3 is 5.73 Å². The Bertz CT molecular complexity index is 164. The molecular weight excluding hydrogens is 102 g/mol. The summed E-state index contributed by atoms with van der Waals surface area (Å²) in [7, 11) is 1.85. The van der Waals surface area contributed by atoms with Gasteiger partial charge in [-0.2, -0.15) is 0 Å². The van der Waals surface area contributed by atoms with Gasteiger partial charge in [-0.15, -0.1) is 4.98 Å². The molecule has 0 saturated carbocycles. The second kappa shape index (κ2) is 1.78. The van der Waals surface area contributed by atoms with Crippen LogP contribution in [-0.4, -0.2) is 4.98 Å². The highest BCUT2D eigenvalue weighted by Crippen LogP contribution is 1.83. The number of aromatic nitrogens is 2. The SMILES string of the molecule is C[n+]1cnccc1N. The van der Waals surface area contributed by atoms with Crippen molar-refractivity contribution in [3.05, 3.63) is 18.6 Å². The van der Waals surface area contributed by atoms with E-state index in [1.807, 2.05) is 7.05 Å². The quantitative estimate of drug-likeness (QED) is 0.457. The van der Waals surface area contributed by atoms with E-state index in [4.69, 9.17) is 5.73 Å². The van der Waals surface area contributed by atoms with E-state index >= 15 is 0 Å². The molecule has 0 amide bonds. The van der Waals surface area contributed by atoms with E-state index in [1.54, 1.807) is 23.2 Å². The Morgan fingerprint density at radius 2 is 2.50 bits per heavy atom. The Morgan fingerprint density at radius 3 is 2.88 bits per heavy atom. The molecule has 0 radical (unpaired) electrons. The molecule has 0 saturated heterocycles. The Kier molecular flexibility index (Phi) is 1.12. The van der Waals surface area contributed by atoms with Gasteiger partial charge in [0, 0.05) is 6.07 Å². The van der Waals surface area contributed by atoms with Crippen LogP contribution in [0.3, 0.4) is 0 Å². The number of hydrogen-bond donors (Lipinski definition) is 1. The van der Waals surface area contributed by atoms with Crippen molar-refractivity contribution in [3.8, 4) is 0 Å². The molecule has 0 aliphatic rings. The molecule has 2 N–H and O–H groups in total. The third kappa shape index (κ3) is 0.753. The molecule has 3 heteroatoms. The van der Waals surface area contributed by atoms with Crippen molar-refractivity contribution in [1.29, 1.82) is 0 Å². The topological polar surface area (TPSA) is 42.8 Å². The van der Waals surface area contributed by atoms with E-state index in [1.165, 1.54) is 0 Å². The van der Waals surface area contributed by atoms with Crippen LogP contribution in [0.4, 0.5) is 5.82 Å². The van der Waals surface area contributed by atoms with Crippen LogP contribution in [-0.2, 0) is 7.05 Å². The van der Waals surface area contributed by atoms with Gasteiger partial charge in [-0.05, 0) is 0 Å². The molecule has 1 rings (SSSR count). The second-order valence-corrected chi connectivity index (χ2v) is 1.62. The first kappa shape index (κ1) is 5.03. The molecule has 1 heterocycles. The van der Waals surface area contributed by atoms with Gasteiger partial charge >= 0.3 is 0 Å². The van der Waals surface area contributed by atoms with Crippen LogP contribution in [0.25, 0.3) is 0 Å². The van der Waals surface area contributed by atoms with Crippen molar-refractivity contribution in [2.24, 2.45) is 7.05 Å². The summed E-state index contributed by atoms with van der Waals surface area (Å²) in [5.41, 5.74) is 5.44. The van der Waals surface area contributed by atoms with Gasteiger partial charge in [0.2, 0.25) is 12.1 Å². The number of nitrogens with two attached hydrogens (primary N) is 1. The normalized spacial score (nSPS) is 9.12. The lowest BCUT2D eigenvalue weighted by molar-refractivity contribution is -0.659. The fraction of sp³-hybridized carbons (Fsp3) is 0.200. The number of hydrogen-bond acceptors (Lipinski definition) is 2. The fourth-order valence-electron chi connectivity index (χ4n) is 0.442. The Balaban J connectivity index is 3.13. The molecule has 0 unspecified atom stereocenters. The van der Waals surface area contributed by atoms with Gasteiger partial charge in [0.1, 0.15) is 6.20 Å². The summed E-state index contributed by atoms with van der Waals surface area (Å²) in [5, 5.41) is 0. The summed E-state index contributed by atoms with van der Waals surface area (Å²) in [6.45, 7) is 0. The van der Waals surface area contributed by atoms with Crippen LogP contribution in [0.1, 0.15) is 0 Å². The van der Waals surface area contributed by atoms with Crippen LogP contribution >= 0.6 is 0 Å². The minimum absolute atomic E-state index is 0.722. The first-order chi connectivity index (χ1) is 3.80. The lowest BCUT2D eigenvalue weighted by Gasteiger charge is -1.89. The predicted octanol–water partition coefficient (Wildman–Crippen LogP) is -0.512.